The van der Waals surface area contributed by atoms with Gasteiger partial charge in [0.2, 0.25) is 0 Å². The zero-order chi connectivity index (χ0) is 12.8. The normalized spacial score (nSPS) is 10.8. The Morgan fingerprint density at radius 2 is 2.24 bits per heavy atom. The monoisotopic (exact) mass is 258 g/mol. The maximum Gasteiger partial charge on any atom is 0.269 e. The first kappa shape index (κ1) is 13.9. The molecule has 0 heterocycles. The average Bonchev–Trinajstić information content (AvgIpc) is 2.29. The van der Waals surface area contributed by atoms with E-state index in [2.05, 4.69) is 0 Å². The number of aliphatic hydroxyl groups excluding tert-OH is 1. The molecular formula is C11H15ClN2O3. The van der Waals surface area contributed by atoms with Crippen molar-refractivity contribution in [3.05, 3.63) is 38.9 Å². The number of aliphatic hydroxyl groups is 1. The molecule has 0 aliphatic carbocycles. The highest BCUT2D eigenvalue weighted by Crippen LogP contribution is 2.23. The highest BCUT2D eigenvalue weighted by Gasteiger charge is 2.11. The smallest absolute Gasteiger partial charge is 0.269 e. The van der Waals surface area contributed by atoms with Gasteiger partial charge in [-0.2, -0.15) is 0 Å². The van der Waals surface area contributed by atoms with E-state index >= 15 is 0 Å². The molecule has 1 N–H and O–H groups in total. The van der Waals surface area contributed by atoms with Crippen molar-refractivity contribution in [2.75, 3.05) is 20.2 Å². The topological polar surface area (TPSA) is 66.6 Å². The van der Waals surface area contributed by atoms with Gasteiger partial charge in [0.25, 0.3) is 5.69 Å². The molecule has 0 aromatic heterocycles. The fraction of sp³-hybridized carbons (Fsp3) is 0.455. The first-order valence-corrected chi connectivity index (χ1v) is 5.64. The number of non-ortho nitro benzene ring substituents is 1. The van der Waals surface area contributed by atoms with Crippen LogP contribution in [0, 0.1) is 10.1 Å². The first-order chi connectivity index (χ1) is 8.04. The summed E-state index contributed by atoms with van der Waals surface area (Å²) in [5.41, 5.74) is 0.765. The fourth-order valence-corrected chi connectivity index (χ4v) is 1.68. The molecule has 1 aromatic carbocycles. The Morgan fingerprint density at radius 3 is 2.82 bits per heavy atom. The van der Waals surface area contributed by atoms with Gasteiger partial charge in [0, 0.05) is 36.9 Å². The minimum atomic E-state index is -0.437. The van der Waals surface area contributed by atoms with Crippen molar-refractivity contribution in [1.29, 1.82) is 0 Å². The third-order valence-corrected chi connectivity index (χ3v) is 2.75. The summed E-state index contributed by atoms with van der Waals surface area (Å²) in [5, 5.41) is 19.9. The minimum absolute atomic E-state index is 0.0416. The van der Waals surface area contributed by atoms with Crippen molar-refractivity contribution in [2.45, 2.75) is 13.0 Å². The molecule has 0 fully saturated rings. The van der Waals surface area contributed by atoms with E-state index in [0.717, 1.165) is 12.1 Å². The van der Waals surface area contributed by atoms with Gasteiger partial charge in [-0.1, -0.05) is 11.6 Å². The summed E-state index contributed by atoms with van der Waals surface area (Å²) in [6, 6.07) is 4.41. The van der Waals surface area contributed by atoms with E-state index in [-0.39, 0.29) is 12.3 Å². The van der Waals surface area contributed by atoms with E-state index in [0.29, 0.717) is 18.0 Å². The number of nitro groups is 1. The molecule has 0 atom stereocenters. The van der Waals surface area contributed by atoms with Crippen LogP contribution in [0.2, 0.25) is 5.02 Å². The Kier molecular flexibility index (Phi) is 5.34. The van der Waals surface area contributed by atoms with Crippen LogP contribution in [-0.2, 0) is 6.54 Å². The molecule has 0 unspecified atom stereocenters. The highest BCUT2D eigenvalue weighted by atomic mass is 35.5. The summed E-state index contributed by atoms with van der Waals surface area (Å²) >= 11 is 5.98. The van der Waals surface area contributed by atoms with Crippen molar-refractivity contribution in [3.63, 3.8) is 0 Å². The van der Waals surface area contributed by atoms with Crippen LogP contribution in [0.5, 0.6) is 0 Å². The molecule has 0 spiro atoms. The molecule has 0 aliphatic rings. The number of halogens is 1. The molecule has 0 amide bonds. The van der Waals surface area contributed by atoms with E-state index in [1.807, 2.05) is 11.9 Å². The fourth-order valence-electron chi connectivity index (χ4n) is 1.51. The predicted molar refractivity (Wildman–Crippen MR) is 66.1 cm³/mol. The van der Waals surface area contributed by atoms with E-state index in [4.69, 9.17) is 16.7 Å². The van der Waals surface area contributed by atoms with E-state index in [9.17, 15) is 10.1 Å². The van der Waals surface area contributed by atoms with Gasteiger partial charge in [-0.05, 0) is 25.1 Å². The van der Waals surface area contributed by atoms with Crippen molar-refractivity contribution in [3.8, 4) is 0 Å². The molecule has 1 aromatic rings. The third kappa shape index (κ3) is 4.30. The zero-order valence-electron chi connectivity index (χ0n) is 9.60. The Bertz CT molecular complexity index is 398. The zero-order valence-corrected chi connectivity index (χ0v) is 10.4. The van der Waals surface area contributed by atoms with Crippen LogP contribution in [0.4, 0.5) is 5.69 Å². The molecule has 6 heteroatoms. The molecule has 0 radical (unpaired) electrons. The van der Waals surface area contributed by atoms with Crippen LogP contribution in [0.25, 0.3) is 0 Å². The summed E-state index contributed by atoms with van der Waals surface area (Å²) in [4.78, 5) is 12.2. The van der Waals surface area contributed by atoms with Crippen LogP contribution in [0.15, 0.2) is 18.2 Å². The number of hydrogen-bond donors (Lipinski definition) is 1. The lowest BCUT2D eigenvalue weighted by Gasteiger charge is -2.16. The quantitative estimate of drug-likeness (QED) is 0.627. The van der Waals surface area contributed by atoms with Gasteiger partial charge < -0.3 is 10.0 Å². The van der Waals surface area contributed by atoms with Crippen LogP contribution in [-0.4, -0.2) is 35.1 Å². The van der Waals surface area contributed by atoms with Gasteiger partial charge in [-0.15, -0.1) is 0 Å². The van der Waals surface area contributed by atoms with Gasteiger partial charge in [0.05, 0.1) is 4.92 Å². The SMILES string of the molecule is CN(CCCO)Cc1cc([N+](=O)[O-])ccc1Cl. The number of benzene rings is 1. The second-order valence-corrected chi connectivity index (χ2v) is 4.25. The van der Waals surface area contributed by atoms with E-state index in [1.165, 1.54) is 18.2 Å². The van der Waals surface area contributed by atoms with Crippen LogP contribution < -0.4 is 0 Å². The second kappa shape index (κ2) is 6.54. The maximum absolute atomic E-state index is 10.6. The minimum Gasteiger partial charge on any atom is -0.396 e. The molecule has 5 nitrogen and oxygen atoms in total. The van der Waals surface area contributed by atoms with Crippen molar-refractivity contribution in [1.82, 2.24) is 4.90 Å². The second-order valence-electron chi connectivity index (χ2n) is 3.85. The Hall–Kier alpha value is -1.17. The standard InChI is InChI=1S/C11H15ClN2O3/c1-13(5-2-6-15)8-9-7-10(14(16)17)3-4-11(9)12/h3-4,7,15H,2,5-6,8H2,1H3. The number of rotatable bonds is 6. The number of nitro benzene ring substituents is 1. The highest BCUT2D eigenvalue weighted by molar-refractivity contribution is 6.31. The predicted octanol–water partition coefficient (Wildman–Crippen LogP) is 2.06. The average molecular weight is 259 g/mol. The first-order valence-electron chi connectivity index (χ1n) is 5.27. The molecular weight excluding hydrogens is 244 g/mol. The Morgan fingerprint density at radius 1 is 1.53 bits per heavy atom. The summed E-state index contributed by atoms with van der Waals surface area (Å²) in [7, 11) is 1.88. The maximum atomic E-state index is 10.6. The van der Waals surface area contributed by atoms with Crippen molar-refractivity contribution in [2.24, 2.45) is 0 Å². The lowest BCUT2D eigenvalue weighted by Crippen LogP contribution is -2.20. The van der Waals surface area contributed by atoms with Crippen LogP contribution >= 0.6 is 11.6 Å². The summed E-state index contributed by atoms with van der Waals surface area (Å²) in [6.45, 7) is 1.38. The van der Waals surface area contributed by atoms with Crippen molar-refractivity contribution >= 4 is 17.3 Å². The van der Waals surface area contributed by atoms with E-state index < -0.39 is 4.92 Å². The lowest BCUT2D eigenvalue weighted by molar-refractivity contribution is -0.384. The van der Waals surface area contributed by atoms with Gasteiger partial charge in [0.15, 0.2) is 0 Å². The molecule has 17 heavy (non-hydrogen) atoms. The van der Waals surface area contributed by atoms with Gasteiger partial charge in [0.1, 0.15) is 0 Å². The molecule has 0 saturated heterocycles. The molecule has 0 saturated carbocycles. The summed E-state index contributed by atoms with van der Waals surface area (Å²) in [6.07, 6.45) is 0.670. The Labute approximate surface area is 105 Å². The van der Waals surface area contributed by atoms with E-state index in [1.54, 1.807) is 0 Å². The lowest BCUT2D eigenvalue weighted by atomic mass is 10.2. The molecule has 0 aliphatic heterocycles. The summed E-state index contributed by atoms with van der Waals surface area (Å²) < 4.78 is 0. The van der Waals surface area contributed by atoms with Crippen LogP contribution in [0.1, 0.15) is 12.0 Å². The molecule has 0 bridgehead atoms. The van der Waals surface area contributed by atoms with Crippen LogP contribution in [0.3, 0.4) is 0 Å². The Balaban J connectivity index is 2.75. The number of hydrogen-bond acceptors (Lipinski definition) is 4. The third-order valence-electron chi connectivity index (χ3n) is 2.38. The molecule has 1 rings (SSSR count). The number of nitrogens with zero attached hydrogens (tertiary/aromatic N) is 2. The molecule has 94 valence electrons. The van der Waals surface area contributed by atoms with Gasteiger partial charge in [-0.25, -0.2) is 0 Å². The van der Waals surface area contributed by atoms with Gasteiger partial charge in [-0.3, -0.25) is 10.1 Å². The van der Waals surface area contributed by atoms with Crippen molar-refractivity contribution < 1.29 is 10.0 Å². The largest absolute Gasteiger partial charge is 0.396 e. The van der Waals surface area contributed by atoms with Gasteiger partial charge >= 0.3 is 0 Å². The summed E-state index contributed by atoms with van der Waals surface area (Å²) in [5.74, 6) is 0.